The number of benzene rings is 1. The monoisotopic (exact) mass is 218 g/mol. The van der Waals surface area contributed by atoms with Gasteiger partial charge in [-0.15, -0.1) is 0 Å². The molecule has 0 aliphatic carbocycles. The summed E-state index contributed by atoms with van der Waals surface area (Å²) in [6, 6.07) is 7.53. The maximum atomic E-state index is 11.1. The minimum Gasteiger partial charge on any atom is -0.410 e. The minimum atomic E-state index is -0.309. The first-order valence-corrected chi connectivity index (χ1v) is 4.90. The molecule has 0 bridgehead atoms. The van der Waals surface area contributed by atoms with Gasteiger partial charge in [-0.2, -0.15) is 0 Å². The largest absolute Gasteiger partial charge is 0.410 e. The summed E-state index contributed by atoms with van der Waals surface area (Å²) in [7, 11) is 0. The number of ketones is 1. The second kappa shape index (κ2) is 5.21. The smallest absolute Gasteiger partial charge is 0.183 e. The summed E-state index contributed by atoms with van der Waals surface area (Å²) in [5.74, 6) is -0.309. The number of aliphatic imine (C=N–C) groups is 1. The highest BCUT2D eigenvalue weighted by molar-refractivity contribution is 6.66. The van der Waals surface area contributed by atoms with Crippen LogP contribution in [0.2, 0.25) is 0 Å². The summed E-state index contributed by atoms with van der Waals surface area (Å²) in [5, 5.41) is 11.6. The molecule has 84 valence electrons. The van der Waals surface area contributed by atoms with E-state index in [-0.39, 0.29) is 11.5 Å². The third-order valence-electron chi connectivity index (χ3n) is 2.11. The predicted molar refractivity (Wildman–Crippen MR) is 63.9 cm³/mol. The lowest BCUT2D eigenvalue weighted by molar-refractivity contribution is -0.111. The van der Waals surface area contributed by atoms with Crippen molar-refractivity contribution in [1.29, 1.82) is 0 Å². The van der Waals surface area contributed by atoms with Crippen LogP contribution in [0.3, 0.4) is 0 Å². The first kappa shape index (κ1) is 12.1. The Kier molecular flexibility index (Phi) is 3.94. The van der Waals surface area contributed by atoms with Crippen molar-refractivity contribution in [3.05, 3.63) is 29.8 Å². The zero-order valence-corrected chi connectivity index (χ0v) is 9.56. The van der Waals surface area contributed by atoms with E-state index >= 15 is 0 Å². The van der Waals surface area contributed by atoms with E-state index < -0.39 is 0 Å². The fourth-order valence-corrected chi connectivity index (χ4v) is 1.26. The van der Waals surface area contributed by atoms with Crippen molar-refractivity contribution in [2.75, 3.05) is 0 Å². The maximum Gasteiger partial charge on any atom is 0.183 e. The first-order valence-electron chi connectivity index (χ1n) is 4.90. The molecule has 1 aromatic carbocycles. The van der Waals surface area contributed by atoms with Gasteiger partial charge in [-0.05, 0) is 26.0 Å². The third-order valence-corrected chi connectivity index (χ3v) is 2.11. The SMILES string of the molecule is CC(=O)C(=NO)C(C)=Nc1ccc(C)cc1. The van der Waals surface area contributed by atoms with Gasteiger partial charge in [-0.25, -0.2) is 0 Å². The maximum absolute atomic E-state index is 11.1. The summed E-state index contributed by atoms with van der Waals surface area (Å²) in [6.07, 6.45) is 0. The fourth-order valence-electron chi connectivity index (χ4n) is 1.26. The van der Waals surface area contributed by atoms with Crippen molar-refractivity contribution in [3.8, 4) is 0 Å². The molecule has 0 saturated carbocycles. The van der Waals surface area contributed by atoms with E-state index in [9.17, 15) is 4.79 Å². The molecular weight excluding hydrogens is 204 g/mol. The van der Waals surface area contributed by atoms with Crippen LogP contribution in [0.1, 0.15) is 19.4 Å². The Morgan fingerprint density at radius 2 is 1.75 bits per heavy atom. The lowest BCUT2D eigenvalue weighted by Gasteiger charge is -2.00. The number of hydrogen-bond acceptors (Lipinski definition) is 4. The number of rotatable bonds is 3. The highest BCUT2D eigenvalue weighted by Crippen LogP contribution is 2.13. The van der Waals surface area contributed by atoms with Gasteiger partial charge in [0, 0.05) is 6.92 Å². The first-order chi connectivity index (χ1) is 7.54. The summed E-state index contributed by atoms with van der Waals surface area (Å²) < 4.78 is 0. The van der Waals surface area contributed by atoms with Gasteiger partial charge in [0.2, 0.25) is 0 Å². The molecule has 0 atom stereocenters. The molecule has 4 heteroatoms. The molecule has 1 aromatic rings. The molecule has 0 unspecified atom stereocenters. The average molecular weight is 218 g/mol. The van der Waals surface area contributed by atoms with Crippen LogP contribution in [0.4, 0.5) is 5.69 Å². The Bertz CT molecular complexity index is 445. The van der Waals surface area contributed by atoms with E-state index in [1.165, 1.54) is 6.92 Å². The minimum absolute atomic E-state index is 0.0134. The normalized spacial score (nSPS) is 12.7. The number of aryl methyl sites for hydroxylation is 1. The quantitative estimate of drug-likeness (QED) is 0.481. The number of oxime groups is 1. The molecule has 0 aliphatic rings. The van der Waals surface area contributed by atoms with Crippen molar-refractivity contribution < 1.29 is 10.0 Å². The number of Topliss-reactive ketones (excluding diaryl/α,β-unsaturated/α-hetero) is 1. The Balaban J connectivity index is 3.00. The fraction of sp³-hybridized carbons (Fsp3) is 0.250. The molecule has 0 saturated heterocycles. The third kappa shape index (κ3) is 3.02. The van der Waals surface area contributed by atoms with E-state index in [0.717, 1.165) is 11.3 Å². The van der Waals surface area contributed by atoms with Crippen molar-refractivity contribution in [2.45, 2.75) is 20.8 Å². The van der Waals surface area contributed by atoms with Crippen molar-refractivity contribution in [2.24, 2.45) is 10.1 Å². The molecule has 16 heavy (non-hydrogen) atoms. The molecule has 0 spiro atoms. The van der Waals surface area contributed by atoms with Crippen LogP contribution in [0, 0.1) is 6.92 Å². The van der Waals surface area contributed by atoms with Gasteiger partial charge in [0.1, 0.15) is 0 Å². The van der Waals surface area contributed by atoms with Gasteiger partial charge in [-0.3, -0.25) is 9.79 Å². The zero-order valence-electron chi connectivity index (χ0n) is 9.56. The van der Waals surface area contributed by atoms with Crippen LogP contribution in [-0.4, -0.2) is 22.4 Å². The van der Waals surface area contributed by atoms with Gasteiger partial charge in [0.15, 0.2) is 11.5 Å². The van der Waals surface area contributed by atoms with E-state index in [0.29, 0.717) is 5.71 Å². The lowest BCUT2D eigenvalue weighted by atomic mass is 10.2. The molecular formula is C12H14N2O2. The Labute approximate surface area is 94.3 Å². The molecule has 4 nitrogen and oxygen atoms in total. The highest BCUT2D eigenvalue weighted by atomic mass is 16.4. The summed E-state index contributed by atoms with van der Waals surface area (Å²) in [5.41, 5.74) is 2.25. The zero-order chi connectivity index (χ0) is 12.1. The standard InChI is InChI=1S/C12H14N2O2/c1-8-4-6-11(7-5-8)13-9(2)12(14-16)10(3)15/h4-7,16H,1-3H3. The Hall–Kier alpha value is -1.97. The van der Waals surface area contributed by atoms with E-state index in [1.54, 1.807) is 6.92 Å². The van der Waals surface area contributed by atoms with Gasteiger partial charge in [0.25, 0.3) is 0 Å². The molecule has 0 fully saturated rings. The van der Waals surface area contributed by atoms with Crippen LogP contribution >= 0.6 is 0 Å². The van der Waals surface area contributed by atoms with Crippen LogP contribution in [0.5, 0.6) is 0 Å². The topological polar surface area (TPSA) is 62.0 Å². The number of carbonyl (C=O) groups is 1. The van der Waals surface area contributed by atoms with Gasteiger partial charge >= 0.3 is 0 Å². The second-order valence-corrected chi connectivity index (χ2v) is 3.54. The summed E-state index contributed by atoms with van der Waals surface area (Å²) in [4.78, 5) is 15.3. The van der Waals surface area contributed by atoms with Crippen LogP contribution < -0.4 is 0 Å². The second-order valence-electron chi connectivity index (χ2n) is 3.54. The number of hydrogen-bond donors (Lipinski definition) is 1. The molecule has 0 aliphatic heterocycles. The van der Waals surface area contributed by atoms with Gasteiger partial charge < -0.3 is 5.21 Å². The molecule has 0 aromatic heterocycles. The molecule has 0 radical (unpaired) electrons. The average Bonchev–Trinajstić information content (AvgIpc) is 2.22. The summed E-state index contributed by atoms with van der Waals surface area (Å²) in [6.45, 7) is 4.95. The summed E-state index contributed by atoms with van der Waals surface area (Å²) >= 11 is 0. The van der Waals surface area contributed by atoms with E-state index in [1.807, 2.05) is 31.2 Å². The molecule has 1 N–H and O–H groups in total. The lowest BCUT2D eigenvalue weighted by Crippen LogP contribution is -2.19. The molecule has 0 heterocycles. The number of nitrogens with zero attached hydrogens (tertiary/aromatic N) is 2. The van der Waals surface area contributed by atoms with E-state index in [4.69, 9.17) is 5.21 Å². The Morgan fingerprint density at radius 1 is 1.19 bits per heavy atom. The highest BCUT2D eigenvalue weighted by Gasteiger charge is 2.10. The molecule has 1 rings (SSSR count). The van der Waals surface area contributed by atoms with Crippen molar-refractivity contribution in [3.63, 3.8) is 0 Å². The van der Waals surface area contributed by atoms with Crippen LogP contribution in [-0.2, 0) is 4.79 Å². The van der Waals surface area contributed by atoms with Crippen LogP contribution in [0.15, 0.2) is 34.4 Å². The van der Waals surface area contributed by atoms with Crippen molar-refractivity contribution >= 4 is 22.9 Å². The predicted octanol–water partition coefficient (Wildman–Crippen LogP) is 2.51. The van der Waals surface area contributed by atoms with Gasteiger partial charge in [-0.1, -0.05) is 22.9 Å². The Morgan fingerprint density at radius 3 is 2.19 bits per heavy atom. The molecule has 0 amide bonds. The van der Waals surface area contributed by atoms with Crippen LogP contribution in [0.25, 0.3) is 0 Å². The number of carbonyl (C=O) groups excluding carboxylic acids is 1. The van der Waals surface area contributed by atoms with Gasteiger partial charge in [0.05, 0.1) is 11.4 Å². The van der Waals surface area contributed by atoms with E-state index in [2.05, 4.69) is 10.1 Å². The van der Waals surface area contributed by atoms with Crippen molar-refractivity contribution in [1.82, 2.24) is 0 Å².